The van der Waals surface area contributed by atoms with Crippen molar-refractivity contribution >= 4 is 0 Å². The summed E-state index contributed by atoms with van der Waals surface area (Å²) in [6, 6.07) is 13.0. The molecule has 0 saturated heterocycles. The topological polar surface area (TPSA) is 51.8 Å². The third kappa shape index (κ3) is 3.43. The molecular weight excluding hydrogens is 289 g/mol. The van der Waals surface area contributed by atoms with Crippen LogP contribution in [0.3, 0.4) is 0 Å². The molecule has 4 heteroatoms. The van der Waals surface area contributed by atoms with Crippen molar-refractivity contribution in [2.45, 2.75) is 19.9 Å². The third-order valence-electron chi connectivity index (χ3n) is 3.81. The first kappa shape index (κ1) is 15.3. The maximum absolute atomic E-state index is 13.5. The molecule has 0 fully saturated rings. The highest BCUT2D eigenvalue weighted by Gasteiger charge is 2.09. The molecule has 3 rings (SSSR count). The zero-order chi connectivity index (χ0) is 16.2. The molecular formula is C19H18FN3. The summed E-state index contributed by atoms with van der Waals surface area (Å²) in [5.74, 6) is -0.201. The van der Waals surface area contributed by atoms with Gasteiger partial charge in [0.1, 0.15) is 5.82 Å². The van der Waals surface area contributed by atoms with Gasteiger partial charge < -0.3 is 5.73 Å². The Balaban J connectivity index is 1.98. The van der Waals surface area contributed by atoms with Gasteiger partial charge in [-0.3, -0.25) is 9.97 Å². The van der Waals surface area contributed by atoms with Gasteiger partial charge in [0.05, 0.1) is 11.4 Å². The number of aryl methyl sites for hydroxylation is 1. The molecule has 0 amide bonds. The van der Waals surface area contributed by atoms with Gasteiger partial charge in [0.15, 0.2) is 0 Å². The molecule has 0 spiro atoms. The SMILES string of the molecule is Cc1cc(-c2ncccc2Cc2ccnc(CN)c2)ccc1F. The highest BCUT2D eigenvalue weighted by Crippen LogP contribution is 2.25. The largest absolute Gasteiger partial charge is 0.325 e. The summed E-state index contributed by atoms with van der Waals surface area (Å²) < 4.78 is 13.5. The molecule has 2 N–H and O–H groups in total. The lowest BCUT2D eigenvalue weighted by molar-refractivity contribution is 0.618. The zero-order valence-corrected chi connectivity index (χ0v) is 13.0. The number of benzene rings is 1. The lowest BCUT2D eigenvalue weighted by Gasteiger charge is -2.10. The first-order valence-corrected chi connectivity index (χ1v) is 7.51. The standard InChI is InChI=1S/C19H18FN3/c1-13-9-16(4-5-18(13)20)19-15(3-2-7-23-19)10-14-6-8-22-17(11-14)12-21/h2-9,11H,10,12,21H2,1H3. The van der Waals surface area contributed by atoms with Crippen molar-refractivity contribution in [1.82, 2.24) is 9.97 Å². The van der Waals surface area contributed by atoms with Gasteiger partial charge in [0, 0.05) is 24.5 Å². The Bertz CT molecular complexity index is 830. The molecule has 2 heterocycles. The fourth-order valence-electron chi connectivity index (χ4n) is 2.60. The maximum Gasteiger partial charge on any atom is 0.126 e. The van der Waals surface area contributed by atoms with Crippen molar-refractivity contribution in [2.75, 3.05) is 0 Å². The summed E-state index contributed by atoms with van der Waals surface area (Å²) >= 11 is 0. The predicted octanol–water partition coefficient (Wildman–Crippen LogP) is 3.64. The van der Waals surface area contributed by atoms with E-state index in [0.717, 1.165) is 34.5 Å². The number of rotatable bonds is 4. The number of aromatic nitrogens is 2. The van der Waals surface area contributed by atoms with Crippen molar-refractivity contribution in [3.05, 3.63) is 83.1 Å². The number of nitrogens with zero attached hydrogens (tertiary/aromatic N) is 2. The number of hydrogen-bond donors (Lipinski definition) is 1. The molecule has 0 saturated carbocycles. The monoisotopic (exact) mass is 307 g/mol. The van der Waals surface area contributed by atoms with Gasteiger partial charge in [-0.2, -0.15) is 0 Å². The first-order chi connectivity index (χ1) is 11.2. The lowest BCUT2D eigenvalue weighted by Crippen LogP contribution is -2.01. The smallest absolute Gasteiger partial charge is 0.126 e. The second-order valence-corrected chi connectivity index (χ2v) is 5.51. The summed E-state index contributed by atoms with van der Waals surface area (Å²) in [7, 11) is 0. The number of hydrogen-bond acceptors (Lipinski definition) is 3. The van der Waals surface area contributed by atoms with Crippen molar-refractivity contribution in [3.8, 4) is 11.3 Å². The average molecular weight is 307 g/mol. The zero-order valence-electron chi connectivity index (χ0n) is 13.0. The fraction of sp³-hybridized carbons (Fsp3) is 0.158. The van der Waals surface area contributed by atoms with E-state index in [4.69, 9.17) is 5.73 Å². The van der Waals surface area contributed by atoms with Crippen LogP contribution in [0.25, 0.3) is 11.3 Å². The lowest BCUT2D eigenvalue weighted by atomic mass is 9.98. The molecule has 0 atom stereocenters. The highest BCUT2D eigenvalue weighted by atomic mass is 19.1. The maximum atomic E-state index is 13.5. The van der Waals surface area contributed by atoms with Gasteiger partial charge in [0.2, 0.25) is 0 Å². The summed E-state index contributed by atoms with van der Waals surface area (Å²) in [4.78, 5) is 8.71. The van der Waals surface area contributed by atoms with E-state index < -0.39 is 0 Å². The van der Waals surface area contributed by atoms with E-state index in [2.05, 4.69) is 9.97 Å². The fourth-order valence-corrected chi connectivity index (χ4v) is 2.60. The van der Waals surface area contributed by atoms with Crippen molar-refractivity contribution < 1.29 is 4.39 Å². The van der Waals surface area contributed by atoms with Crippen molar-refractivity contribution in [3.63, 3.8) is 0 Å². The van der Waals surface area contributed by atoms with Crippen LogP contribution in [-0.2, 0) is 13.0 Å². The van der Waals surface area contributed by atoms with Crippen LogP contribution in [0.5, 0.6) is 0 Å². The Labute approximate surface area is 135 Å². The molecule has 0 aliphatic rings. The van der Waals surface area contributed by atoms with Gasteiger partial charge in [-0.1, -0.05) is 6.07 Å². The highest BCUT2D eigenvalue weighted by molar-refractivity contribution is 5.64. The van der Waals surface area contributed by atoms with Crippen LogP contribution in [0.2, 0.25) is 0 Å². The van der Waals surface area contributed by atoms with E-state index in [-0.39, 0.29) is 5.82 Å². The van der Waals surface area contributed by atoms with Gasteiger partial charge in [-0.15, -0.1) is 0 Å². The Morgan fingerprint density at radius 3 is 2.70 bits per heavy atom. The molecule has 1 aromatic carbocycles. The molecule has 3 aromatic rings. The van der Waals surface area contributed by atoms with Crippen molar-refractivity contribution in [2.24, 2.45) is 5.73 Å². The Kier molecular flexibility index (Phi) is 4.44. The Morgan fingerprint density at radius 1 is 1.04 bits per heavy atom. The summed E-state index contributed by atoms with van der Waals surface area (Å²) in [5.41, 5.74) is 11.2. The van der Waals surface area contributed by atoms with Crippen LogP contribution in [0.15, 0.2) is 54.9 Å². The molecule has 2 aromatic heterocycles. The van der Waals surface area contributed by atoms with E-state index in [9.17, 15) is 4.39 Å². The van der Waals surface area contributed by atoms with Crippen LogP contribution in [0.1, 0.15) is 22.4 Å². The number of pyridine rings is 2. The second kappa shape index (κ2) is 6.67. The summed E-state index contributed by atoms with van der Waals surface area (Å²) in [6.07, 6.45) is 4.26. The Hall–Kier alpha value is -2.59. The van der Waals surface area contributed by atoms with Gasteiger partial charge in [0.25, 0.3) is 0 Å². The van der Waals surface area contributed by atoms with Gasteiger partial charge in [-0.05, 0) is 66.4 Å². The predicted molar refractivity (Wildman–Crippen MR) is 89.3 cm³/mol. The summed E-state index contributed by atoms with van der Waals surface area (Å²) in [5, 5.41) is 0. The molecule has 0 aliphatic carbocycles. The minimum Gasteiger partial charge on any atom is -0.325 e. The van der Waals surface area contributed by atoms with Crippen LogP contribution in [0.4, 0.5) is 4.39 Å². The van der Waals surface area contributed by atoms with E-state index in [0.29, 0.717) is 12.1 Å². The second-order valence-electron chi connectivity index (χ2n) is 5.51. The van der Waals surface area contributed by atoms with Crippen molar-refractivity contribution in [1.29, 1.82) is 0 Å². The first-order valence-electron chi connectivity index (χ1n) is 7.51. The number of nitrogens with two attached hydrogens (primary N) is 1. The molecule has 0 aliphatic heterocycles. The third-order valence-corrected chi connectivity index (χ3v) is 3.81. The molecule has 0 bridgehead atoms. The number of halogens is 1. The van der Waals surface area contributed by atoms with E-state index in [1.54, 1.807) is 25.4 Å². The Morgan fingerprint density at radius 2 is 1.91 bits per heavy atom. The van der Waals surface area contributed by atoms with E-state index in [1.165, 1.54) is 6.07 Å². The minimum atomic E-state index is -0.201. The van der Waals surface area contributed by atoms with Gasteiger partial charge in [-0.25, -0.2) is 4.39 Å². The van der Waals surface area contributed by atoms with Crippen LogP contribution < -0.4 is 5.73 Å². The quantitative estimate of drug-likeness (QED) is 0.800. The van der Waals surface area contributed by atoms with Crippen LogP contribution in [-0.4, -0.2) is 9.97 Å². The molecule has 116 valence electrons. The average Bonchev–Trinajstić information content (AvgIpc) is 2.58. The van der Waals surface area contributed by atoms with Crippen LogP contribution in [0, 0.1) is 12.7 Å². The van der Waals surface area contributed by atoms with E-state index >= 15 is 0 Å². The van der Waals surface area contributed by atoms with Gasteiger partial charge >= 0.3 is 0 Å². The normalized spacial score (nSPS) is 10.7. The van der Waals surface area contributed by atoms with Crippen LogP contribution >= 0.6 is 0 Å². The molecule has 0 radical (unpaired) electrons. The van der Waals surface area contributed by atoms with E-state index in [1.807, 2.05) is 30.3 Å². The molecule has 23 heavy (non-hydrogen) atoms. The molecule has 3 nitrogen and oxygen atoms in total. The minimum absolute atomic E-state index is 0.201. The summed E-state index contributed by atoms with van der Waals surface area (Å²) in [6.45, 7) is 2.18. The molecule has 0 unspecified atom stereocenters.